The van der Waals surface area contributed by atoms with Crippen LogP contribution >= 0.6 is 0 Å². The zero-order valence-corrected chi connectivity index (χ0v) is 11.8. The van der Waals surface area contributed by atoms with Crippen molar-refractivity contribution in [2.75, 3.05) is 17.6 Å². The zero-order chi connectivity index (χ0) is 14.9. The molecular formula is C13H19N5O2. The number of carbonyl (C=O) groups excluding carboxylic acids is 1. The van der Waals surface area contributed by atoms with Crippen LogP contribution in [0.4, 0.5) is 11.5 Å². The molecule has 7 heteroatoms. The number of anilines is 2. The van der Waals surface area contributed by atoms with Gasteiger partial charge in [0, 0.05) is 17.3 Å². The van der Waals surface area contributed by atoms with Gasteiger partial charge in [-0.3, -0.25) is 14.4 Å². The van der Waals surface area contributed by atoms with Crippen LogP contribution in [0.2, 0.25) is 0 Å². The van der Waals surface area contributed by atoms with Gasteiger partial charge in [0.05, 0.1) is 12.2 Å². The van der Waals surface area contributed by atoms with E-state index >= 15 is 0 Å². The molecule has 5 N–H and O–H groups in total. The Morgan fingerprint density at radius 2 is 2.15 bits per heavy atom. The molecule has 0 aliphatic carbocycles. The van der Waals surface area contributed by atoms with Crippen LogP contribution in [-0.4, -0.2) is 27.0 Å². The summed E-state index contributed by atoms with van der Waals surface area (Å²) in [5.74, 6) is 0.173. The van der Waals surface area contributed by atoms with E-state index in [1.807, 2.05) is 26.8 Å². The van der Waals surface area contributed by atoms with Crippen molar-refractivity contribution >= 4 is 23.1 Å². The molecule has 0 fully saturated rings. The number of rotatable bonds is 3. The minimum Gasteiger partial charge on any atom is -0.398 e. The van der Waals surface area contributed by atoms with Crippen LogP contribution < -0.4 is 16.5 Å². The summed E-state index contributed by atoms with van der Waals surface area (Å²) in [6.07, 6.45) is 1.75. The highest BCUT2D eigenvalue weighted by molar-refractivity contribution is 5.79. The number of nitrogens with one attached hydrogen (secondary N) is 2. The van der Waals surface area contributed by atoms with Gasteiger partial charge in [-0.1, -0.05) is 20.8 Å². The van der Waals surface area contributed by atoms with Gasteiger partial charge < -0.3 is 11.1 Å². The molecule has 0 aliphatic heterocycles. The minimum atomic E-state index is -0.524. The molecular weight excluding hydrogens is 258 g/mol. The number of nitrogens with zero attached hydrogens (tertiary/aromatic N) is 2. The average Bonchev–Trinajstić information content (AvgIpc) is 2.73. The molecule has 0 aliphatic rings. The van der Waals surface area contributed by atoms with Crippen molar-refractivity contribution in [1.82, 2.24) is 14.9 Å². The quantitative estimate of drug-likeness (QED) is 0.497. The van der Waals surface area contributed by atoms with Gasteiger partial charge in [-0.2, -0.15) is 0 Å². The third-order valence-electron chi connectivity index (χ3n) is 2.89. The van der Waals surface area contributed by atoms with Crippen LogP contribution in [0.1, 0.15) is 26.5 Å². The number of nitrogens with two attached hydrogens (primary N) is 1. The first-order chi connectivity index (χ1) is 9.32. The predicted molar refractivity (Wildman–Crippen MR) is 76.7 cm³/mol. The number of amides is 1. The first kappa shape index (κ1) is 14.1. The van der Waals surface area contributed by atoms with Gasteiger partial charge in [-0.05, 0) is 12.1 Å². The Bertz CT molecular complexity index is 642. The Morgan fingerprint density at radius 3 is 2.75 bits per heavy atom. The van der Waals surface area contributed by atoms with Gasteiger partial charge >= 0.3 is 0 Å². The van der Waals surface area contributed by atoms with Gasteiger partial charge in [0.25, 0.3) is 5.91 Å². The van der Waals surface area contributed by atoms with E-state index in [9.17, 15) is 4.79 Å². The molecule has 20 heavy (non-hydrogen) atoms. The molecule has 0 spiro atoms. The van der Waals surface area contributed by atoms with Gasteiger partial charge in [0.15, 0.2) is 0 Å². The molecule has 0 unspecified atom stereocenters. The topological polar surface area (TPSA) is 105 Å². The summed E-state index contributed by atoms with van der Waals surface area (Å²) in [7, 11) is 0. The molecule has 0 saturated carbocycles. The molecule has 0 bridgehead atoms. The molecule has 2 rings (SSSR count). The zero-order valence-electron chi connectivity index (χ0n) is 11.8. The van der Waals surface area contributed by atoms with Gasteiger partial charge in [0.1, 0.15) is 11.5 Å². The van der Waals surface area contributed by atoms with Gasteiger partial charge in [-0.25, -0.2) is 10.5 Å². The highest BCUT2D eigenvalue weighted by Gasteiger charge is 2.24. The first-order valence-corrected chi connectivity index (χ1v) is 6.28. The number of hydrogen-bond acceptors (Lipinski definition) is 5. The normalized spacial score (nSPS) is 11.6. The fourth-order valence-electron chi connectivity index (χ4n) is 1.96. The van der Waals surface area contributed by atoms with Gasteiger partial charge in [-0.15, -0.1) is 0 Å². The standard InChI is InChI=1S/C13H19N5O2/c1-13(2,3)11-12(15-6-10(19)17-20)18-7-8(14)4-5-9(18)16-11/h4-5,7,15,20H,6,14H2,1-3H3,(H,17,19). The number of fused-ring (bicyclic) bond motifs is 1. The van der Waals surface area contributed by atoms with Crippen LogP contribution in [0, 0.1) is 0 Å². The number of aromatic nitrogens is 2. The van der Waals surface area contributed by atoms with Crippen LogP contribution in [0.5, 0.6) is 0 Å². The van der Waals surface area contributed by atoms with Crippen molar-refractivity contribution in [3.8, 4) is 0 Å². The van der Waals surface area contributed by atoms with Crippen LogP contribution in [0.25, 0.3) is 5.65 Å². The van der Waals surface area contributed by atoms with Crippen molar-refractivity contribution < 1.29 is 10.0 Å². The lowest BCUT2D eigenvalue weighted by Gasteiger charge is -2.18. The molecule has 7 nitrogen and oxygen atoms in total. The second kappa shape index (κ2) is 5.01. The molecule has 0 saturated heterocycles. The summed E-state index contributed by atoms with van der Waals surface area (Å²) in [5, 5.41) is 11.6. The van der Waals surface area contributed by atoms with E-state index in [2.05, 4.69) is 10.3 Å². The van der Waals surface area contributed by atoms with Crippen molar-refractivity contribution in [2.45, 2.75) is 26.2 Å². The third-order valence-corrected chi connectivity index (χ3v) is 2.89. The number of imidazole rings is 1. The lowest BCUT2D eigenvalue weighted by molar-refractivity contribution is -0.127. The number of hydrogen-bond donors (Lipinski definition) is 4. The van der Waals surface area contributed by atoms with Crippen molar-refractivity contribution in [2.24, 2.45) is 0 Å². The Kier molecular flexibility index (Phi) is 3.54. The van der Waals surface area contributed by atoms with E-state index in [1.165, 1.54) is 0 Å². The second-order valence-corrected chi connectivity index (χ2v) is 5.64. The summed E-state index contributed by atoms with van der Waals surface area (Å²) in [4.78, 5) is 15.8. The largest absolute Gasteiger partial charge is 0.398 e. The van der Waals surface area contributed by atoms with Crippen molar-refractivity contribution in [3.05, 3.63) is 24.0 Å². The maximum atomic E-state index is 11.2. The Balaban J connectivity index is 2.51. The van der Waals surface area contributed by atoms with Gasteiger partial charge in [0.2, 0.25) is 0 Å². The Labute approximate surface area is 116 Å². The lowest BCUT2D eigenvalue weighted by Crippen LogP contribution is -2.28. The molecule has 2 heterocycles. The van der Waals surface area contributed by atoms with Crippen molar-refractivity contribution in [3.63, 3.8) is 0 Å². The summed E-state index contributed by atoms with van der Waals surface area (Å²) in [6, 6.07) is 3.60. The van der Waals surface area contributed by atoms with E-state index < -0.39 is 5.91 Å². The number of nitrogen functional groups attached to an aromatic ring is 1. The van der Waals surface area contributed by atoms with Crippen LogP contribution in [-0.2, 0) is 10.2 Å². The molecule has 1 amide bonds. The summed E-state index contributed by atoms with van der Waals surface area (Å²) < 4.78 is 1.81. The summed E-state index contributed by atoms with van der Waals surface area (Å²) in [5.41, 5.74) is 9.37. The Hall–Kier alpha value is -2.28. The maximum Gasteiger partial charge on any atom is 0.262 e. The molecule has 2 aromatic rings. The minimum absolute atomic E-state index is 0.0534. The van der Waals surface area contributed by atoms with Crippen molar-refractivity contribution in [1.29, 1.82) is 0 Å². The highest BCUT2D eigenvalue weighted by atomic mass is 16.5. The van der Waals surface area contributed by atoms with E-state index in [0.29, 0.717) is 11.5 Å². The van der Waals surface area contributed by atoms with E-state index in [-0.39, 0.29) is 12.0 Å². The molecule has 108 valence electrons. The predicted octanol–water partition coefficient (Wildman–Crippen LogP) is 1.13. The number of pyridine rings is 1. The fourth-order valence-corrected chi connectivity index (χ4v) is 1.96. The van der Waals surface area contributed by atoms with Crippen LogP contribution in [0.3, 0.4) is 0 Å². The van der Waals surface area contributed by atoms with E-state index in [0.717, 1.165) is 11.3 Å². The third kappa shape index (κ3) is 2.67. The highest BCUT2D eigenvalue weighted by Crippen LogP contribution is 2.30. The second-order valence-electron chi connectivity index (χ2n) is 5.64. The fraction of sp³-hybridized carbons (Fsp3) is 0.385. The summed E-state index contributed by atoms with van der Waals surface area (Å²) in [6.45, 7) is 6.06. The molecule has 0 atom stereocenters. The van der Waals surface area contributed by atoms with E-state index in [1.54, 1.807) is 22.1 Å². The smallest absolute Gasteiger partial charge is 0.262 e. The van der Waals surface area contributed by atoms with Crippen LogP contribution in [0.15, 0.2) is 18.3 Å². The SMILES string of the molecule is CC(C)(C)c1nc2ccc(N)cn2c1NCC(=O)NO. The molecule has 0 radical (unpaired) electrons. The van der Waals surface area contributed by atoms with E-state index in [4.69, 9.17) is 10.9 Å². The molecule has 2 aromatic heterocycles. The summed E-state index contributed by atoms with van der Waals surface area (Å²) >= 11 is 0. The Morgan fingerprint density at radius 1 is 1.45 bits per heavy atom. The molecule has 0 aromatic carbocycles. The average molecular weight is 277 g/mol. The maximum absolute atomic E-state index is 11.2. The lowest BCUT2D eigenvalue weighted by atomic mass is 9.92. The number of hydroxylamine groups is 1. The first-order valence-electron chi connectivity index (χ1n) is 6.28. The number of carbonyl (C=O) groups is 1. The monoisotopic (exact) mass is 277 g/mol.